The second kappa shape index (κ2) is 5.63. The summed E-state index contributed by atoms with van der Waals surface area (Å²) in [5, 5.41) is 2.05. The normalized spacial score (nSPS) is 10.4. The fraction of sp³-hybridized carbons (Fsp3) is 0.231. The van der Waals surface area contributed by atoms with Crippen molar-refractivity contribution in [1.29, 1.82) is 0 Å². The third-order valence-corrected chi connectivity index (χ3v) is 4.15. The van der Waals surface area contributed by atoms with Crippen molar-refractivity contribution in [3.8, 4) is 0 Å². The molecule has 0 radical (unpaired) electrons. The Morgan fingerprint density at radius 1 is 1.44 bits per heavy atom. The quantitative estimate of drug-likeness (QED) is 0.810. The number of halogens is 1. The van der Waals surface area contributed by atoms with Crippen LogP contribution < -0.4 is 0 Å². The highest BCUT2D eigenvalue weighted by Crippen LogP contribution is 2.18. The molecule has 0 N–H and O–H groups in total. The summed E-state index contributed by atoms with van der Waals surface area (Å²) < 4.78 is 0.732. The molecular weight excluding hydrogens is 312 g/mol. The summed E-state index contributed by atoms with van der Waals surface area (Å²) >= 11 is 4.93. The average Bonchev–Trinajstić information content (AvgIpc) is 2.75. The number of amides is 1. The van der Waals surface area contributed by atoms with Crippen LogP contribution >= 0.6 is 27.3 Å². The average molecular weight is 325 g/mol. The van der Waals surface area contributed by atoms with Gasteiger partial charge in [-0.1, -0.05) is 0 Å². The van der Waals surface area contributed by atoms with E-state index in [2.05, 4.69) is 33.9 Å². The van der Waals surface area contributed by atoms with Crippen LogP contribution in [0.5, 0.6) is 0 Å². The van der Waals surface area contributed by atoms with E-state index < -0.39 is 0 Å². The van der Waals surface area contributed by atoms with Crippen LogP contribution in [0.25, 0.3) is 0 Å². The molecule has 0 spiro atoms. The molecule has 0 aromatic carbocycles. The Morgan fingerprint density at radius 3 is 2.78 bits per heavy atom. The second-order valence-electron chi connectivity index (χ2n) is 4.06. The number of rotatable bonds is 3. The van der Waals surface area contributed by atoms with Gasteiger partial charge in [-0.2, -0.15) is 0 Å². The molecule has 2 aromatic rings. The first kappa shape index (κ1) is 13.2. The van der Waals surface area contributed by atoms with Gasteiger partial charge in [-0.3, -0.25) is 4.79 Å². The minimum Gasteiger partial charge on any atom is -0.337 e. The van der Waals surface area contributed by atoms with Gasteiger partial charge >= 0.3 is 0 Å². The summed E-state index contributed by atoms with van der Waals surface area (Å²) in [6, 6.07) is 5.62. The molecule has 5 heteroatoms. The van der Waals surface area contributed by atoms with Crippen molar-refractivity contribution >= 4 is 33.2 Å². The van der Waals surface area contributed by atoms with Gasteiger partial charge in [0.1, 0.15) is 4.60 Å². The molecule has 1 amide bonds. The highest BCUT2D eigenvalue weighted by atomic mass is 79.9. The Balaban J connectivity index is 2.09. The number of pyridine rings is 1. The van der Waals surface area contributed by atoms with Crippen LogP contribution in [0.15, 0.2) is 34.4 Å². The fourth-order valence-electron chi connectivity index (χ4n) is 1.58. The molecule has 0 unspecified atom stereocenters. The zero-order valence-electron chi connectivity index (χ0n) is 10.2. The van der Waals surface area contributed by atoms with Crippen LogP contribution in [0.4, 0.5) is 0 Å². The van der Waals surface area contributed by atoms with Gasteiger partial charge in [-0.15, -0.1) is 11.3 Å². The summed E-state index contributed by atoms with van der Waals surface area (Å²) in [5.74, 6) is -0.0113. The first-order chi connectivity index (χ1) is 8.58. The number of hydrogen-bond donors (Lipinski definition) is 0. The van der Waals surface area contributed by atoms with Crippen molar-refractivity contribution in [3.63, 3.8) is 0 Å². The lowest BCUT2D eigenvalue weighted by Crippen LogP contribution is -2.26. The predicted octanol–water partition coefficient (Wildman–Crippen LogP) is 3.49. The van der Waals surface area contributed by atoms with Crippen LogP contribution in [0.1, 0.15) is 20.8 Å². The molecule has 0 aliphatic carbocycles. The lowest BCUT2D eigenvalue weighted by Gasteiger charge is -2.16. The Bertz CT molecular complexity index is 550. The highest BCUT2D eigenvalue weighted by molar-refractivity contribution is 9.10. The van der Waals surface area contributed by atoms with E-state index in [1.54, 1.807) is 34.6 Å². The van der Waals surface area contributed by atoms with E-state index in [0.29, 0.717) is 12.1 Å². The zero-order chi connectivity index (χ0) is 13.1. The van der Waals surface area contributed by atoms with Gasteiger partial charge in [0.2, 0.25) is 0 Å². The van der Waals surface area contributed by atoms with Crippen LogP contribution in [-0.2, 0) is 6.54 Å². The maximum atomic E-state index is 12.2. The number of aryl methyl sites for hydroxylation is 1. The zero-order valence-corrected chi connectivity index (χ0v) is 12.6. The number of aromatic nitrogens is 1. The summed E-state index contributed by atoms with van der Waals surface area (Å²) in [4.78, 5) is 19.2. The Hall–Kier alpha value is -1.20. The molecule has 2 heterocycles. The fourth-order valence-corrected chi connectivity index (χ4v) is 2.77. The van der Waals surface area contributed by atoms with Crippen molar-refractivity contribution in [2.24, 2.45) is 0 Å². The molecular formula is C13H13BrN2OS. The maximum absolute atomic E-state index is 12.2. The standard InChI is InChI=1S/C13H13BrN2OS/c1-9-5-6-18-11(9)8-16(2)13(17)10-3-4-12(14)15-7-10/h3-7H,8H2,1-2H3. The molecule has 3 nitrogen and oxygen atoms in total. The van der Waals surface area contributed by atoms with Crippen molar-refractivity contribution in [1.82, 2.24) is 9.88 Å². The number of carbonyl (C=O) groups excluding carboxylic acids is 1. The molecule has 0 bridgehead atoms. The number of carbonyl (C=O) groups is 1. The molecule has 2 aromatic heterocycles. The predicted molar refractivity (Wildman–Crippen MR) is 76.8 cm³/mol. The molecule has 0 aliphatic heterocycles. The topological polar surface area (TPSA) is 33.2 Å². The SMILES string of the molecule is Cc1ccsc1CN(C)C(=O)c1ccc(Br)nc1. The lowest BCUT2D eigenvalue weighted by molar-refractivity contribution is 0.0786. The first-order valence-corrected chi connectivity index (χ1v) is 7.15. The van der Waals surface area contributed by atoms with Gasteiger partial charge < -0.3 is 4.90 Å². The van der Waals surface area contributed by atoms with Gasteiger partial charge in [0.15, 0.2) is 0 Å². The van der Waals surface area contributed by atoms with Crippen LogP contribution in [0.2, 0.25) is 0 Å². The van der Waals surface area contributed by atoms with Gasteiger partial charge in [0, 0.05) is 18.1 Å². The van der Waals surface area contributed by atoms with Gasteiger partial charge in [-0.25, -0.2) is 4.98 Å². The molecule has 0 fully saturated rings. The first-order valence-electron chi connectivity index (χ1n) is 5.48. The van der Waals surface area contributed by atoms with E-state index in [-0.39, 0.29) is 5.91 Å². The van der Waals surface area contributed by atoms with Gasteiger partial charge in [0.25, 0.3) is 5.91 Å². The van der Waals surface area contributed by atoms with E-state index in [4.69, 9.17) is 0 Å². The lowest BCUT2D eigenvalue weighted by atomic mass is 10.2. The van der Waals surface area contributed by atoms with E-state index in [1.165, 1.54) is 10.4 Å². The van der Waals surface area contributed by atoms with Crippen LogP contribution in [0.3, 0.4) is 0 Å². The van der Waals surface area contributed by atoms with Crippen molar-refractivity contribution in [2.75, 3.05) is 7.05 Å². The molecule has 94 valence electrons. The molecule has 0 atom stereocenters. The van der Waals surface area contributed by atoms with Gasteiger partial charge in [0.05, 0.1) is 12.1 Å². The molecule has 0 saturated carbocycles. The molecule has 18 heavy (non-hydrogen) atoms. The molecule has 0 aliphatic rings. The minimum atomic E-state index is -0.0113. The van der Waals surface area contributed by atoms with Crippen molar-refractivity contribution in [2.45, 2.75) is 13.5 Å². The largest absolute Gasteiger partial charge is 0.337 e. The Labute approximate surface area is 119 Å². The van der Waals surface area contributed by atoms with Crippen LogP contribution in [0, 0.1) is 6.92 Å². The van der Waals surface area contributed by atoms with E-state index in [9.17, 15) is 4.79 Å². The summed E-state index contributed by atoms with van der Waals surface area (Å²) in [7, 11) is 1.81. The number of hydrogen-bond acceptors (Lipinski definition) is 3. The maximum Gasteiger partial charge on any atom is 0.255 e. The second-order valence-corrected chi connectivity index (χ2v) is 5.87. The molecule has 0 saturated heterocycles. The minimum absolute atomic E-state index is 0.0113. The smallest absolute Gasteiger partial charge is 0.255 e. The Morgan fingerprint density at radius 2 is 2.22 bits per heavy atom. The number of thiophene rings is 1. The van der Waals surface area contributed by atoms with Gasteiger partial charge in [-0.05, 0) is 52.0 Å². The highest BCUT2D eigenvalue weighted by Gasteiger charge is 2.13. The molecule has 2 rings (SSSR count). The third-order valence-electron chi connectivity index (χ3n) is 2.67. The summed E-state index contributed by atoms with van der Waals surface area (Å²) in [6.45, 7) is 2.70. The summed E-state index contributed by atoms with van der Waals surface area (Å²) in [5.41, 5.74) is 1.84. The van der Waals surface area contributed by atoms with Crippen molar-refractivity contribution in [3.05, 3.63) is 50.4 Å². The van der Waals surface area contributed by atoms with Crippen LogP contribution in [-0.4, -0.2) is 22.8 Å². The van der Waals surface area contributed by atoms with E-state index in [1.807, 2.05) is 12.4 Å². The number of nitrogens with zero attached hydrogens (tertiary/aromatic N) is 2. The van der Waals surface area contributed by atoms with Crippen molar-refractivity contribution < 1.29 is 4.79 Å². The van der Waals surface area contributed by atoms with E-state index in [0.717, 1.165) is 4.60 Å². The van der Waals surface area contributed by atoms with E-state index >= 15 is 0 Å². The summed E-state index contributed by atoms with van der Waals surface area (Å²) in [6.07, 6.45) is 1.59. The monoisotopic (exact) mass is 324 g/mol. The third kappa shape index (κ3) is 2.97. The Kier molecular flexibility index (Phi) is 4.14.